The van der Waals surface area contributed by atoms with E-state index < -0.39 is 0 Å². The van der Waals surface area contributed by atoms with Gasteiger partial charge in [0.25, 0.3) is 0 Å². The highest BCUT2D eigenvalue weighted by Gasteiger charge is 2.25. The molecule has 2 rings (SSSR count). The molecule has 1 aliphatic carbocycles. The predicted octanol–water partition coefficient (Wildman–Crippen LogP) is 1.44. The Hall–Kier alpha value is -1.35. The standard InChI is InChI=1S/C14H20N2O/c1-10(2)15-9-14(17)16-8-12-7-11-5-3-4-6-13(11)12/h3-6,10,12,15H,7-9H2,1-2H3,(H,16,17). The van der Waals surface area contributed by atoms with Crippen molar-refractivity contribution < 1.29 is 4.79 Å². The van der Waals surface area contributed by atoms with Crippen LogP contribution in [-0.2, 0) is 11.2 Å². The van der Waals surface area contributed by atoms with E-state index >= 15 is 0 Å². The molecule has 0 spiro atoms. The fourth-order valence-electron chi connectivity index (χ4n) is 2.14. The molecule has 1 aliphatic rings. The summed E-state index contributed by atoms with van der Waals surface area (Å²) in [5.74, 6) is 0.595. The smallest absolute Gasteiger partial charge is 0.233 e. The predicted molar refractivity (Wildman–Crippen MR) is 69.0 cm³/mol. The SMILES string of the molecule is CC(C)NCC(=O)NCC1Cc2ccccc21. The Balaban J connectivity index is 1.72. The first-order valence-electron chi connectivity index (χ1n) is 6.24. The van der Waals surface area contributed by atoms with Crippen molar-refractivity contribution in [1.29, 1.82) is 0 Å². The number of carbonyl (C=O) groups is 1. The highest BCUT2D eigenvalue weighted by molar-refractivity contribution is 5.78. The van der Waals surface area contributed by atoms with Crippen molar-refractivity contribution in [2.45, 2.75) is 32.2 Å². The van der Waals surface area contributed by atoms with Gasteiger partial charge in [0.05, 0.1) is 6.54 Å². The van der Waals surface area contributed by atoms with Gasteiger partial charge in [-0.3, -0.25) is 4.79 Å². The van der Waals surface area contributed by atoms with Crippen molar-refractivity contribution in [2.75, 3.05) is 13.1 Å². The highest BCUT2D eigenvalue weighted by atomic mass is 16.1. The number of benzene rings is 1. The molecule has 1 aromatic carbocycles. The molecule has 0 heterocycles. The molecule has 0 aromatic heterocycles. The summed E-state index contributed by atoms with van der Waals surface area (Å²) in [4.78, 5) is 11.5. The lowest BCUT2D eigenvalue weighted by Gasteiger charge is -2.30. The van der Waals surface area contributed by atoms with Gasteiger partial charge in [-0.25, -0.2) is 0 Å². The molecule has 0 bridgehead atoms. The third-order valence-electron chi connectivity index (χ3n) is 3.18. The van der Waals surface area contributed by atoms with Crippen LogP contribution in [0.25, 0.3) is 0 Å². The summed E-state index contributed by atoms with van der Waals surface area (Å²) >= 11 is 0. The molecule has 1 amide bonds. The Morgan fingerprint density at radius 3 is 2.88 bits per heavy atom. The molecule has 2 N–H and O–H groups in total. The first-order chi connectivity index (χ1) is 8.16. The van der Waals surface area contributed by atoms with E-state index in [1.807, 2.05) is 13.8 Å². The minimum atomic E-state index is 0.0862. The van der Waals surface area contributed by atoms with Crippen molar-refractivity contribution in [3.8, 4) is 0 Å². The van der Waals surface area contributed by atoms with Gasteiger partial charge in [-0.15, -0.1) is 0 Å². The summed E-state index contributed by atoms with van der Waals surface area (Å²) in [6.07, 6.45) is 1.09. The van der Waals surface area contributed by atoms with E-state index in [1.54, 1.807) is 0 Å². The Labute approximate surface area is 103 Å². The summed E-state index contributed by atoms with van der Waals surface area (Å²) < 4.78 is 0. The van der Waals surface area contributed by atoms with Crippen molar-refractivity contribution in [3.63, 3.8) is 0 Å². The number of hydrogen-bond donors (Lipinski definition) is 2. The molecule has 1 unspecified atom stereocenters. The molecule has 17 heavy (non-hydrogen) atoms. The van der Waals surface area contributed by atoms with E-state index in [1.165, 1.54) is 11.1 Å². The van der Waals surface area contributed by atoms with E-state index in [4.69, 9.17) is 0 Å². The minimum absolute atomic E-state index is 0.0862. The highest BCUT2D eigenvalue weighted by Crippen LogP contribution is 2.33. The van der Waals surface area contributed by atoms with Crippen LogP contribution in [0.2, 0.25) is 0 Å². The first kappa shape index (κ1) is 12.1. The number of hydrogen-bond acceptors (Lipinski definition) is 2. The van der Waals surface area contributed by atoms with Crippen molar-refractivity contribution >= 4 is 5.91 Å². The van der Waals surface area contributed by atoms with Gasteiger partial charge in [0.1, 0.15) is 0 Å². The normalized spacial score (nSPS) is 17.5. The minimum Gasteiger partial charge on any atom is -0.354 e. The molecular weight excluding hydrogens is 212 g/mol. The summed E-state index contributed by atoms with van der Waals surface area (Å²) in [6.45, 7) is 5.24. The van der Waals surface area contributed by atoms with E-state index in [-0.39, 0.29) is 5.91 Å². The fraction of sp³-hybridized carbons (Fsp3) is 0.500. The zero-order chi connectivity index (χ0) is 12.3. The number of carbonyl (C=O) groups excluding carboxylic acids is 1. The van der Waals surface area contributed by atoms with Crippen LogP contribution >= 0.6 is 0 Å². The van der Waals surface area contributed by atoms with E-state index in [0.717, 1.165) is 13.0 Å². The van der Waals surface area contributed by atoms with Crippen LogP contribution in [0.5, 0.6) is 0 Å². The Bertz CT molecular complexity index is 401. The molecule has 92 valence electrons. The molecule has 1 aromatic rings. The number of nitrogens with one attached hydrogen (secondary N) is 2. The molecule has 0 aliphatic heterocycles. The summed E-state index contributed by atoms with van der Waals surface area (Å²) in [7, 11) is 0. The lowest BCUT2D eigenvalue weighted by atomic mass is 9.77. The summed E-state index contributed by atoms with van der Waals surface area (Å²) in [6, 6.07) is 8.80. The van der Waals surface area contributed by atoms with Crippen LogP contribution < -0.4 is 10.6 Å². The van der Waals surface area contributed by atoms with Gasteiger partial charge in [0, 0.05) is 18.5 Å². The molecule has 0 radical (unpaired) electrons. The Morgan fingerprint density at radius 2 is 2.18 bits per heavy atom. The second-order valence-corrected chi connectivity index (χ2v) is 4.94. The van der Waals surface area contributed by atoms with Gasteiger partial charge in [-0.1, -0.05) is 38.1 Å². The zero-order valence-corrected chi connectivity index (χ0v) is 10.5. The molecule has 0 fully saturated rings. The van der Waals surface area contributed by atoms with Gasteiger partial charge in [-0.2, -0.15) is 0 Å². The van der Waals surface area contributed by atoms with Crippen molar-refractivity contribution in [2.24, 2.45) is 0 Å². The number of fused-ring (bicyclic) bond motifs is 1. The van der Waals surface area contributed by atoms with E-state index in [9.17, 15) is 4.79 Å². The number of rotatable bonds is 5. The maximum atomic E-state index is 11.5. The van der Waals surface area contributed by atoms with Crippen LogP contribution in [0.1, 0.15) is 30.9 Å². The molecule has 3 nitrogen and oxygen atoms in total. The maximum absolute atomic E-state index is 11.5. The molecule has 0 saturated heterocycles. The van der Waals surface area contributed by atoms with Gasteiger partial charge in [0.2, 0.25) is 5.91 Å². The molecular formula is C14H20N2O. The van der Waals surface area contributed by atoms with E-state index in [0.29, 0.717) is 18.5 Å². The molecule has 0 saturated carbocycles. The second kappa shape index (κ2) is 5.32. The van der Waals surface area contributed by atoms with Gasteiger partial charge < -0.3 is 10.6 Å². The fourth-order valence-corrected chi connectivity index (χ4v) is 2.14. The lowest BCUT2D eigenvalue weighted by Crippen LogP contribution is -2.40. The quantitative estimate of drug-likeness (QED) is 0.806. The zero-order valence-electron chi connectivity index (χ0n) is 10.5. The van der Waals surface area contributed by atoms with Crippen molar-refractivity contribution in [1.82, 2.24) is 10.6 Å². The van der Waals surface area contributed by atoms with Crippen LogP contribution in [0.15, 0.2) is 24.3 Å². The Kier molecular flexibility index (Phi) is 3.79. The topological polar surface area (TPSA) is 41.1 Å². The van der Waals surface area contributed by atoms with Crippen LogP contribution in [0, 0.1) is 0 Å². The van der Waals surface area contributed by atoms with Crippen LogP contribution in [0.4, 0.5) is 0 Å². The van der Waals surface area contributed by atoms with Crippen LogP contribution in [-0.4, -0.2) is 25.0 Å². The van der Waals surface area contributed by atoms with Gasteiger partial charge in [-0.05, 0) is 17.5 Å². The summed E-state index contributed by atoms with van der Waals surface area (Å²) in [5, 5.41) is 6.09. The maximum Gasteiger partial charge on any atom is 0.233 e. The third-order valence-corrected chi connectivity index (χ3v) is 3.18. The van der Waals surface area contributed by atoms with Gasteiger partial charge in [0.15, 0.2) is 0 Å². The average molecular weight is 232 g/mol. The lowest BCUT2D eigenvalue weighted by molar-refractivity contribution is -0.120. The van der Waals surface area contributed by atoms with Gasteiger partial charge >= 0.3 is 0 Å². The third kappa shape index (κ3) is 3.07. The average Bonchev–Trinajstić information content (AvgIpc) is 2.27. The Morgan fingerprint density at radius 1 is 1.41 bits per heavy atom. The van der Waals surface area contributed by atoms with E-state index in [2.05, 4.69) is 34.9 Å². The second-order valence-electron chi connectivity index (χ2n) is 4.94. The first-order valence-corrected chi connectivity index (χ1v) is 6.24. The van der Waals surface area contributed by atoms with Crippen LogP contribution in [0.3, 0.4) is 0 Å². The molecule has 1 atom stereocenters. The monoisotopic (exact) mass is 232 g/mol. The summed E-state index contributed by atoms with van der Waals surface area (Å²) in [5.41, 5.74) is 2.82. The largest absolute Gasteiger partial charge is 0.354 e. The van der Waals surface area contributed by atoms with Crippen molar-refractivity contribution in [3.05, 3.63) is 35.4 Å². The number of amides is 1. The molecule has 3 heteroatoms.